The van der Waals surface area contributed by atoms with Crippen LogP contribution in [0.1, 0.15) is 13.3 Å². The Balaban J connectivity index is 2.08. The molecule has 1 saturated carbocycles. The molecule has 1 aliphatic rings. The number of hydrogen-bond donors (Lipinski definition) is 0. The fraction of sp³-hybridized carbons (Fsp3) is 0.462. The van der Waals surface area contributed by atoms with Crippen LogP contribution in [0.4, 0.5) is 0 Å². The molecule has 0 amide bonds. The molecule has 0 heterocycles. The van der Waals surface area contributed by atoms with E-state index in [9.17, 15) is 4.79 Å². The maximum absolute atomic E-state index is 11.6. The lowest BCUT2D eigenvalue weighted by Gasteiger charge is -2.09. The Morgan fingerprint density at radius 1 is 1.24 bits per heavy atom. The van der Waals surface area contributed by atoms with E-state index in [2.05, 4.69) is 0 Å². The Morgan fingerprint density at radius 2 is 1.88 bits per heavy atom. The molecule has 1 aromatic carbocycles. The van der Waals surface area contributed by atoms with Crippen molar-refractivity contribution in [2.75, 3.05) is 14.2 Å². The van der Waals surface area contributed by atoms with Crippen LogP contribution in [0, 0.1) is 11.8 Å². The number of hydrogen-bond acceptors (Lipinski definition) is 4. The van der Waals surface area contributed by atoms with Crippen LogP contribution >= 0.6 is 0 Å². The molecule has 0 saturated heterocycles. The van der Waals surface area contributed by atoms with E-state index in [1.165, 1.54) is 0 Å². The fourth-order valence-corrected chi connectivity index (χ4v) is 1.72. The molecule has 92 valence electrons. The van der Waals surface area contributed by atoms with Crippen molar-refractivity contribution >= 4 is 5.97 Å². The van der Waals surface area contributed by atoms with Crippen LogP contribution in [0.5, 0.6) is 17.2 Å². The van der Waals surface area contributed by atoms with Gasteiger partial charge in [0.15, 0.2) is 11.5 Å². The second-order valence-corrected chi connectivity index (χ2v) is 4.26. The van der Waals surface area contributed by atoms with E-state index in [-0.39, 0.29) is 11.9 Å². The summed E-state index contributed by atoms with van der Waals surface area (Å²) in [5.74, 6) is 2.01. The molecule has 0 aliphatic heterocycles. The molecule has 0 radical (unpaired) electrons. The first kappa shape index (κ1) is 11.8. The molecule has 4 heteroatoms. The molecule has 0 bridgehead atoms. The normalized spacial score (nSPS) is 21.8. The van der Waals surface area contributed by atoms with E-state index >= 15 is 0 Å². The van der Waals surface area contributed by atoms with E-state index < -0.39 is 0 Å². The Kier molecular flexibility index (Phi) is 3.22. The summed E-state index contributed by atoms with van der Waals surface area (Å²) in [6, 6.07) is 5.08. The second kappa shape index (κ2) is 4.65. The zero-order chi connectivity index (χ0) is 12.4. The van der Waals surface area contributed by atoms with Crippen molar-refractivity contribution in [3.63, 3.8) is 0 Å². The smallest absolute Gasteiger partial charge is 0.314 e. The van der Waals surface area contributed by atoms with Crippen LogP contribution < -0.4 is 14.2 Å². The van der Waals surface area contributed by atoms with E-state index in [0.717, 1.165) is 6.42 Å². The minimum Gasteiger partial charge on any atom is -0.493 e. The molecule has 0 spiro atoms. The average Bonchev–Trinajstić information content (AvgIpc) is 3.06. The van der Waals surface area contributed by atoms with Crippen molar-refractivity contribution < 1.29 is 19.0 Å². The van der Waals surface area contributed by atoms with Gasteiger partial charge >= 0.3 is 5.97 Å². The van der Waals surface area contributed by atoms with E-state index in [1.807, 2.05) is 6.92 Å². The van der Waals surface area contributed by atoms with Gasteiger partial charge in [0, 0.05) is 6.07 Å². The third-order valence-corrected chi connectivity index (χ3v) is 2.99. The zero-order valence-electron chi connectivity index (χ0n) is 10.2. The number of carbonyl (C=O) groups is 1. The molecular weight excluding hydrogens is 220 g/mol. The topological polar surface area (TPSA) is 44.8 Å². The number of benzene rings is 1. The lowest BCUT2D eigenvalue weighted by atomic mass is 10.3. The van der Waals surface area contributed by atoms with E-state index in [1.54, 1.807) is 32.4 Å². The summed E-state index contributed by atoms with van der Waals surface area (Å²) < 4.78 is 15.5. The van der Waals surface area contributed by atoms with Gasteiger partial charge < -0.3 is 14.2 Å². The third-order valence-electron chi connectivity index (χ3n) is 2.99. The molecular formula is C13H16O4. The van der Waals surface area contributed by atoms with Gasteiger partial charge in [0.2, 0.25) is 0 Å². The van der Waals surface area contributed by atoms with Gasteiger partial charge in [-0.05, 0) is 24.5 Å². The Morgan fingerprint density at radius 3 is 2.41 bits per heavy atom. The summed E-state index contributed by atoms with van der Waals surface area (Å²) in [4.78, 5) is 11.6. The summed E-state index contributed by atoms with van der Waals surface area (Å²) >= 11 is 0. The maximum Gasteiger partial charge on any atom is 0.314 e. The van der Waals surface area contributed by atoms with Crippen molar-refractivity contribution in [3.8, 4) is 17.2 Å². The second-order valence-electron chi connectivity index (χ2n) is 4.26. The molecule has 2 rings (SSSR count). The quantitative estimate of drug-likeness (QED) is 0.594. The van der Waals surface area contributed by atoms with Crippen LogP contribution in [0.25, 0.3) is 0 Å². The maximum atomic E-state index is 11.6. The highest BCUT2D eigenvalue weighted by Gasteiger charge is 2.40. The Bertz CT molecular complexity index is 427. The lowest BCUT2D eigenvalue weighted by molar-refractivity contribution is -0.136. The van der Waals surface area contributed by atoms with Crippen LogP contribution in [0.3, 0.4) is 0 Å². The Labute approximate surface area is 100 Å². The minimum absolute atomic E-state index is 0.0584. The largest absolute Gasteiger partial charge is 0.493 e. The number of methoxy groups -OCH3 is 2. The highest BCUT2D eigenvalue weighted by atomic mass is 16.5. The fourth-order valence-electron chi connectivity index (χ4n) is 1.72. The standard InChI is InChI=1S/C13H16O4/c1-8-6-10(8)13(14)17-9-4-5-11(15-2)12(7-9)16-3/h4-5,7-8,10H,6H2,1-3H3/t8-,10+/m0/s1. The molecule has 0 unspecified atom stereocenters. The molecule has 2 atom stereocenters. The van der Waals surface area contributed by atoms with Crippen molar-refractivity contribution in [2.24, 2.45) is 11.8 Å². The lowest BCUT2D eigenvalue weighted by Crippen LogP contribution is -2.11. The first-order valence-electron chi connectivity index (χ1n) is 5.59. The summed E-state index contributed by atoms with van der Waals surface area (Å²) in [6.45, 7) is 2.04. The summed E-state index contributed by atoms with van der Waals surface area (Å²) in [5.41, 5.74) is 0. The predicted molar refractivity (Wildman–Crippen MR) is 62.5 cm³/mol. The zero-order valence-corrected chi connectivity index (χ0v) is 10.2. The monoisotopic (exact) mass is 236 g/mol. The number of rotatable bonds is 4. The van der Waals surface area contributed by atoms with E-state index in [4.69, 9.17) is 14.2 Å². The number of esters is 1. The van der Waals surface area contributed by atoms with Crippen molar-refractivity contribution in [3.05, 3.63) is 18.2 Å². The van der Waals surface area contributed by atoms with Crippen LogP contribution in [-0.4, -0.2) is 20.2 Å². The highest BCUT2D eigenvalue weighted by Crippen LogP contribution is 2.39. The van der Waals surface area contributed by atoms with Gasteiger partial charge in [-0.3, -0.25) is 4.79 Å². The van der Waals surface area contributed by atoms with Gasteiger partial charge in [0.1, 0.15) is 5.75 Å². The van der Waals surface area contributed by atoms with Crippen molar-refractivity contribution in [1.82, 2.24) is 0 Å². The molecule has 0 aromatic heterocycles. The molecule has 1 aromatic rings. The predicted octanol–water partition coefficient (Wildman–Crippen LogP) is 2.27. The molecule has 1 fully saturated rings. The first-order valence-corrected chi connectivity index (χ1v) is 5.59. The van der Waals surface area contributed by atoms with Crippen LogP contribution in [-0.2, 0) is 4.79 Å². The summed E-state index contributed by atoms with van der Waals surface area (Å²) in [5, 5.41) is 0. The van der Waals surface area contributed by atoms with Gasteiger partial charge in [0.25, 0.3) is 0 Å². The minimum atomic E-state index is -0.162. The van der Waals surface area contributed by atoms with Crippen molar-refractivity contribution in [1.29, 1.82) is 0 Å². The van der Waals surface area contributed by atoms with E-state index in [0.29, 0.717) is 23.2 Å². The number of ether oxygens (including phenoxy) is 3. The molecule has 17 heavy (non-hydrogen) atoms. The Hall–Kier alpha value is -1.71. The van der Waals surface area contributed by atoms with Gasteiger partial charge in [-0.1, -0.05) is 6.92 Å². The van der Waals surface area contributed by atoms with Crippen LogP contribution in [0.15, 0.2) is 18.2 Å². The molecule has 4 nitrogen and oxygen atoms in total. The van der Waals surface area contributed by atoms with Gasteiger partial charge in [-0.2, -0.15) is 0 Å². The van der Waals surface area contributed by atoms with Gasteiger partial charge in [-0.15, -0.1) is 0 Å². The average molecular weight is 236 g/mol. The molecule has 1 aliphatic carbocycles. The van der Waals surface area contributed by atoms with Crippen molar-refractivity contribution in [2.45, 2.75) is 13.3 Å². The van der Waals surface area contributed by atoms with Crippen LogP contribution in [0.2, 0.25) is 0 Å². The summed E-state index contributed by atoms with van der Waals surface area (Å²) in [6.07, 6.45) is 0.923. The van der Waals surface area contributed by atoms with Gasteiger partial charge in [-0.25, -0.2) is 0 Å². The summed E-state index contributed by atoms with van der Waals surface area (Å²) in [7, 11) is 3.11. The third kappa shape index (κ3) is 2.52. The number of carbonyl (C=O) groups excluding carboxylic acids is 1. The molecule has 0 N–H and O–H groups in total. The van der Waals surface area contributed by atoms with Gasteiger partial charge in [0.05, 0.1) is 20.1 Å². The highest BCUT2D eigenvalue weighted by molar-refractivity contribution is 5.78. The SMILES string of the molecule is COc1ccc(OC(=O)[C@@H]2C[C@@H]2C)cc1OC. The first-order chi connectivity index (χ1) is 8.15.